The largest absolute Gasteiger partial charge is 0.439 e. The Kier molecular flexibility index (Phi) is 5.95. The van der Waals surface area contributed by atoms with Gasteiger partial charge in [-0.3, -0.25) is 4.79 Å². The van der Waals surface area contributed by atoms with Crippen LogP contribution in [0.3, 0.4) is 0 Å². The zero-order chi connectivity index (χ0) is 17.5. The highest BCUT2D eigenvalue weighted by molar-refractivity contribution is 5.90. The fourth-order valence-corrected chi connectivity index (χ4v) is 2.87. The van der Waals surface area contributed by atoms with Crippen LogP contribution in [0.4, 0.5) is 10.1 Å². The molecular formula is C19H22FN3O2. The Morgan fingerprint density at radius 2 is 1.96 bits per heavy atom. The minimum absolute atomic E-state index is 0.00698. The maximum atomic E-state index is 12.9. The van der Waals surface area contributed by atoms with Gasteiger partial charge < -0.3 is 15.4 Å². The summed E-state index contributed by atoms with van der Waals surface area (Å²) in [6.07, 6.45) is 5.29. The van der Waals surface area contributed by atoms with E-state index in [1.165, 1.54) is 24.3 Å². The lowest BCUT2D eigenvalue weighted by Crippen LogP contribution is -2.28. The average molecular weight is 343 g/mol. The van der Waals surface area contributed by atoms with Crippen LogP contribution in [0.5, 0.6) is 11.6 Å². The second kappa shape index (κ2) is 8.58. The van der Waals surface area contributed by atoms with Gasteiger partial charge in [0.25, 0.3) is 0 Å². The third kappa shape index (κ3) is 5.53. The summed E-state index contributed by atoms with van der Waals surface area (Å²) in [5.41, 5.74) is 0.641. The molecule has 2 heterocycles. The molecular weight excluding hydrogens is 321 g/mol. The molecule has 6 heteroatoms. The number of benzene rings is 1. The molecule has 1 saturated heterocycles. The van der Waals surface area contributed by atoms with Gasteiger partial charge in [0.2, 0.25) is 11.8 Å². The van der Waals surface area contributed by atoms with E-state index in [4.69, 9.17) is 4.74 Å². The molecule has 0 saturated carbocycles. The lowest BCUT2D eigenvalue weighted by Gasteiger charge is -2.22. The molecule has 25 heavy (non-hydrogen) atoms. The number of carbonyl (C=O) groups is 1. The van der Waals surface area contributed by atoms with E-state index in [0.29, 0.717) is 29.7 Å². The molecule has 1 aromatic heterocycles. The van der Waals surface area contributed by atoms with E-state index in [1.807, 2.05) is 0 Å². The average Bonchev–Trinajstić information content (AvgIpc) is 2.64. The Balaban J connectivity index is 1.46. The lowest BCUT2D eigenvalue weighted by atomic mass is 9.93. The number of aromatic nitrogens is 1. The first-order valence-electron chi connectivity index (χ1n) is 8.59. The van der Waals surface area contributed by atoms with Crippen molar-refractivity contribution in [3.05, 3.63) is 48.4 Å². The molecule has 2 aromatic rings. The van der Waals surface area contributed by atoms with Gasteiger partial charge in [0.15, 0.2) is 0 Å². The molecule has 1 aromatic carbocycles. The molecule has 2 N–H and O–H groups in total. The van der Waals surface area contributed by atoms with Crippen molar-refractivity contribution in [1.82, 2.24) is 10.3 Å². The summed E-state index contributed by atoms with van der Waals surface area (Å²) < 4.78 is 18.4. The molecule has 0 unspecified atom stereocenters. The van der Waals surface area contributed by atoms with Gasteiger partial charge in [-0.05, 0) is 68.6 Å². The predicted molar refractivity (Wildman–Crippen MR) is 94.2 cm³/mol. The summed E-state index contributed by atoms with van der Waals surface area (Å²) >= 11 is 0. The maximum Gasteiger partial charge on any atom is 0.224 e. The highest BCUT2D eigenvalue weighted by atomic mass is 19.1. The predicted octanol–water partition coefficient (Wildman–Crippen LogP) is 3.73. The number of amides is 1. The molecule has 1 fully saturated rings. The summed E-state index contributed by atoms with van der Waals surface area (Å²) in [6, 6.07) is 9.14. The van der Waals surface area contributed by atoms with Gasteiger partial charge in [0.1, 0.15) is 11.6 Å². The van der Waals surface area contributed by atoms with Crippen LogP contribution in [-0.2, 0) is 4.79 Å². The van der Waals surface area contributed by atoms with Gasteiger partial charge in [0, 0.05) is 12.5 Å². The summed E-state index contributed by atoms with van der Waals surface area (Å²) in [4.78, 5) is 16.2. The second-order valence-electron chi connectivity index (χ2n) is 6.22. The molecule has 5 nitrogen and oxygen atoms in total. The quantitative estimate of drug-likeness (QED) is 0.839. The van der Waals surface area contributed by atoms with Crippen LogP contribution < -0.4 is 15.4 Å². The Morgan fingerprint density at radius 3 is 2.64 bits per heavy atom. The van der Waals surface area contributed by atoms with E-state index < -0.39 is 0 Å². The summed E-state index contributed by atoms with van der Waals surface area (Å²) in [5, 5.41) is 6.19. The van der Waals surface area contributed by atoms with Crippen molar-refractivity contribution < 1.29 is 13.9 Å². The molecule has 0 radical (unpaired) electrons. The van der Waals surface area contributed by atoms with E-state index in [0.717, 1.165) is 32.4 Å². The van der Waals surface area contributed by atoms with Crippen LogP contribution in [0.2, 0.25) is 0 Å². The Hall–Kier alpha value is -2.47. The standard InChI is InChI=1S/C19H22FN3O2/c20-15-2-5-17(6-3-15)25-19-8-4-16(13-22-19)23-18(24)7-1-14-9-11-21-12-10-14/h2-6,8,13-14,21H,1,7,9-12H2,(H,23,24). The highest BCUT2D eigenvalue weighted by Gasteiger charge is 2.14. The number of rotatable bonds is 6. The fourth-order valence-electron chi connectivity index (χ4n) is 2.87. The van der Waals surface area contributed by atoms with E-state index in [-0.39, 0.29) is 11.7 Å². The van der Waals surface area contributed by atoms with Gasteiger partial charge in [-0.2, -0.15) is 0 Å². The van der Waals surface area contributed by atoms with E-state index in [1.54, 1.807) is 18.3 Å². The number of ether oxygens (including phenoxy) is 1. The van der Waals surface area contributed by atoms with Crippen LogP contribution in [0.15, 0.2) is 42.6 Å². The first-order chi connectivity index (χ1) is 12.2. The monoisotopic (exact) mass is 343 g/mol. The van der Waals surface area contributed by atoms with Gasteiger partial charge in [-0.1, -0.05) is 0 Å². The van der Waals surface area contributed by atoms with Crippen molar-refractivity contribution in [3.8, 4) is 11.6 Å². The number of hydrogen-bond donors (Lipinski definition) is 2. The molecule has 3 rings (SSSR count). The molecule has 0 bridgehead atoms. The third-order valence-electron chi connectivity index (χ3n) is 4.29. The van der Waals surface area contributed by atoms with Crippen molar-refractivity contribution >= 4 is 11.6 Å². The van der Waals surface area contributed by atoms with Crippen molar-refractivity contribution in [3.63, 3.8) is 0 Å². The van der Waals surface area contributed by atoms with Crippen LogP contribution in [0.25, 0.3) is 0 Å². The molecule has 0 aliphatic carbocycles. The van der Waals surface area contributed by atoms with Crippen molar-refractivity contribution in [2.45, 2.75) is 25.7 Å². The van der Waals surface area contributed by atoms with E-state index in [2.05, 4.69) is 15.6 Å². The molecule has 0 spiro atoms. The Morgan fingerprint density at radius 1 is 1.20 bits per heavy atom. The topological polar surface area (TPSA) is 63.2 Å². The number of anilines is 1. The zero-order valence-electron chi connectivity index (χ0n) is 14.0. The van der Waals surface area contributed by atoms with Crippen LogP contribution >= 0.6 is 0 Å². The number of carbonyl (C=O) groups excluding carboxylic acids is 1. The van der Waals surface area contributed by atoms with Gasteiger partial charge in [-0.15, -0.1) is 0 Å². The van der Waals surface area contributed by atoms with Crippen molar-refractivity contribution in [2.75, 3.05) is 18.4 Å². The Bertz CT molecular complexity index is 683. The Labute approximate surface area is 146 Å². The van der Waals surface area contributed by atoms with Gasteiger partial charge >= 0.3 is 0 Å². The number of nitrogens with zero attached hydrogens (tertiary/aromatic N) is 1. The number of pyridine rings is 1. The molecule has 0 atom stereocenters. The van der Waals surface area contributed by atoms with Crippen molar-refractivity contribution in [2.24, 2.45) is 5.92 Å². The van der Waals surface area contributed by atoms with Gasteiger partial charge in [-0.25, -0.2) is 9.37 Å². The minimum Gasteiger partial charge on any atom is -0.439 e. The zero-order valence-corrected chi connectivity index (χ0v) is 14.0. The number of hydrogen-bond acceptors (Lipinski definition) is 4. The number of piperidine rings is 1. The van der Waals surface area contributed by atoms with Crippen LogP contribution in [0.1, 0.15) is 25.7 Å². The van der Waals surface area contributed by atoms with Crippen molar-refractivity contribution in [1.29, 1.82) is 0 Å². The lowest BCUT2D eigenvalue weighted by molar-refractivity contribution is -0.116. The van der Waals surface area contributed by atoms with E-state index >= 15 is 0 Å². The summed E-state index contributed by atoms with van der Waals surface area (Å²) in [7, 11) is 0. The van der Waals surface area contributed by atoms with E-state index in [9.17, 15) is 9.18 Å². The van der Waals surface area contributed by atoms with Crippen LogP contribution in [0, 0.1) is 11.7 Å². The highest BCUT2D eigenvalue weighted by Crippen LogP contribution is 2.21. The number of nitrogens with one attached hydrogen (secondary N) is 2. The first kappa shape index (κ1) is 17.4. The molecule has 1 amide bonds. The minimum atomic E-state index is -0.317. The smallest absolute Gasteiger partial charge is 0.224 e. The number of halogens is 1. The van der Waals surface area contributed by atoms with Crippen LogP contribution in [-0.4, -0.2) is 24.0 Å². The third-order valence-corrected chi connectivity index (χ3v) is 4.29. The second-order valence-corrected chi connectivity index (χ2v) is 6.22. The molecule has 1 aliphatic rings. The summed E-state index contributed by atoms with van der Waals surface area (Å²) in [5.74, 6) is 1.22. The molecule has 132 valence electrons. The normalized spacial score (nSPS) is 14.9. The summed E-state index contributed by atoms with van der Waals surface area (Å²) in [6.45, 7) is 2.09. The fraction of sp³-hybridized carbons (Fsp3) is 0.368. The SMILES string of the molecule is O=C(CCC1CCNCC1)Nc1ccc(Oc2ccc(F)cc2)nc1. The molecule has 1 aliphatic heterocycles. The van der Waals surface area contributed by atoms with Gasteiger partial charge in [0.05, 0.1) is 11.9 Å². The maximum absolute atomic E-state index is 12.9. The first-order valence-corrected chi connectivity index (χ1v) is 8.59.